The van der Waals surface area contributed by atoms with Crippen LogP contribution < -0.4 is 14.4 Å². The lowest BCUT2D eigenvalue weighted by Gasteiger charge is -2.34. The molecule has 0 bridgehead atoms. The Balaban J connectivity index is 2.42. The summed E-state index contributed by atoms with van der Waals surface area (Å²) >= 11 is 3.35. The summed E-state index contributed by atoms with van der Waals surface area (Å²) in [6.07, 6.45) is 0.744. The fraction of sp³-hybridized carbons (Fsp3) is 0.458. The number of sulfonamides is 1. The van der Waals surface area contributed by atoms with Gasteiger partial charge in [-0.25, -0.2) is 8.42 Å². The molecule has 0 heterocycles. The number of hydrogen-bond acceptors (Lipinski definition) is 4. The highest BCUT2D eigenvalue weighted by Crippen LogP contribution is 2.31. The molecule has 0 spiro atoms. The summed E-state index contributed by atoms with van der Waals surface area (Å²) < 4.78 is 34.0. The molecular weight excluding hydrogens is 492 g/mol. The van der Waals surface area contributed by atoms with Crippen LogP contribution in [0.1, 0.15) is 46.6 Å². The van der Waals surface area contributed by atoms with E-state index in [-0.39, 0.29) is 22.8 Å². The third-order valence-corrected chi connectivity index (χ3v) is 7.16. The SMILES string of the molecule is COc1ccc(S(=O)(=O)N(CC(=O)NC(C)(C)CC(C)(C)C)c2ccc(C)cc2)cc1Br. The number of carbonyl (C=O) groups is 1. The fourth-order valence-corrected chi connectivity index (χ4v) is 6.02. The van der Waals surface area contributed by atoms with Gasteiger partial charge in [0.1, 0.15) is 12.3 Å². The Hall–Kier alpha value is -2.06. The van der Waals surface area contributed by atoms with Gasteiger partial charge >= 0.3 is 0 Å². The largest absolute Gasteiger partial charge is 0.496 e. The maximum Gasteiger partial charge on any atom is 0.264 e. The summed E-state index contributed by atoms with van der Waals surface area (Å²) in [5, 5.41) is 3.00. The number of benzene rings is 2. The van der Waals surface area contributed by atoms with Crippen molar-refractivity contribution in [2.24, 2.45) is 5.41 Å². The average molecular weight is 526 g/mol. The summed E-state index contributed by atoms with van der Waals surface area (Å²) in [6, 6.07) is 11.6. The third kappa shape index (κ3) is 6.97. The van der Waals surface area contributed by atoms with E-state index in [1.807, 2.05) is 32.9 Å². The number of rotatable bonds is 8. The fourth-order valence-electron chi connectivity index (χ4n) is 3.88. The number of nitrogens with zero attached hydrogens (tertiary/aromatic N) is 1. The van der Waals surface area contributed by atoms with E-state index < -0.39 is 15.6 Å². The predicted molar refractivity (Wildman–Crippen MR) is 133 cm³/mol. The van der Waals surface area contributed by atoms with Crippen LogP contribution in [-0.4, -0.2) is 33.5 Å². The van der Waals surface area contributed by atoms with Gasteiger partial charge in [0.25, 0.3) is 10.0 Å². The number of aryl methyl sites for hydroxylation is 1. The minimum Gasteiger partial charge on any atom is -0.496 e. The first-order valence-electron chi connectivity index (χ1n) is 10.4. The number of ether oxygens (including phenoxy) is 1. The molecule has 0 radical (unpaired) electrons. The van der Waals surface area contributed by atoms with Gasteiger partial charge in [0, 0.05) is 5.54 Å². The van der Waals surface area contributed by atoms with Crippen molar-refractivity contribution in [3.05, 3.63) is 52.5 Å². The number of amides is 1. The second kappa shape index (κ2) is 9.83. The third-order valence-electron chi connectivity index (χ3n) is 4.77. The molecule has 0 aromatic heterocycles. The van der Waals surface area contributed by atoms with Crippen molar-refractivity contribution in [2.75, 3.05) is 18.0 Å². The summed E-state index contributed by atoms with van der Waals surface area (Å²) in [4.78, 5) is 13.1. The Bertz CT molecular complexity index is 1060. The lowest BCUT2D eigenvalue weighted by atomic mass is 9.82. The van der Waals surface area contributed by atoms with E-state index in [2.05, 4.69) is 42.0 Å². The molecule has 176 valence electrons. The van der Waals surface area contributed by atoms with Crippen LogP contribution in [0.5, 0.6) is 5.75 Å². The summed E-state index contributed by atoms with van der Waals surface area (Å²) in [6.45, 7) is 11.8. The van der Waals surface area contributed by atoms with Gasteiger partial charge in [0.15, 0.2) is 0 Å². The zero-order valence-electron chi connectivity index (χ0n) is 19.8. The van der Waals surface area contributed by atoms with Crippen molar-refractivity contribution in [2.45, 2.75) is 58.4 Å². The molecule has 0 unspecified atom stereocenters. The maximum atomic E-state index is 13.6. The van der Waals surface area contributed by atoms with E-state index in [1.54, 1.807) is 18.2 Å². The Kier molecular flexibility index (Phi) is 8.05. The molecule has 0 atom stereocenters. The number of methoxy groups -OCH3 is 1. The number of anilines is 1. The molecule has 0 aliphatic heterocycles. The van der Waals surface area contributed by atoms with E-state index in [0.717, 1.165) is 16.3 Å². The van der Waals surface area contributed by atoms with E-state index in [9.17, 15) is 13.2 Å². The second-order valence-corrected chi connectivity index (χ2v) is 12.5. The van der Waals surface area contributed by atoms with Crippen molar-refractivity contribution >= 4 is 37.5 Å². The van der Waals surface area contributed by atoms with Crippen molar-refractivity contribution < 1.29 is 17.9 Å². The molecule has 8 heteroatoms. The van der Waals surface area contributed by atoms with Gasteiger partial charge in [0.2, 0.25) is 5.91 Å². The molecule has 1 amide bonds. The number of hydrogen-bond donors (Lipinski definition) is 1. The highest BCUT2D eigenvalue weighted by Gasteiger charge is 2.31. The van der Waals surface area contributed by atoms with Gasteiger partial charge < -0.3 is 10.1 Å². The van der Waals surface area contributed by atoms with Crippen molar-refractivity contribution in [1.82, 2.24) is 5.32 Å². The van der Waals surface area contributed by atoms with Crippen LogP contribution in [0.2, 0.25) is 0 Å². The predicted octanol–water partition coefficient (Wildman–Crippen LogP) is 5.29. The van der Waals surface area contributed by atoms with Crippen LogP contribution >= 0.6 is 15.9 Å². The topological polar surface area (TPSA) is 75.7 Å². The van der Waals surface area contributed by atoms with Crippen molar-refractivity contribution in [3.63, 3.8) is 0 Å². The maximum absolute atomic E-state index is 13.6. The second-order valence-electron chi connectivity index (χ2n) is 9.81. The normalized spacial score (nSPS) is 12.4. The standard InChI is InChI=1S/C24H33BrN2O4S/c1-17-8-10-18(11-9-17)27(15-22(28)26-24(5,6)16-23(2,3)4)32(29,30)19-12-13-21(31-7)20(25)14-19/h8-14H,15-16H2,1-7H3,(H,26,28). The molecule has 6 nitrogen and oxygen atoms in total. The molecular formula is C24H33BrN2O4S. The first-order valence-corrected chi connectivity index (χ1v) is 12.6. The Morgan fingerprint density at radius 1 is 1.06 bits per heavy atom. The molecule has 0 aliphatic carbocycles. The lowest BCUT2D eigenvalue weighted by Crippen LogP contribution is -2.50. The van der Waals surface area contributed by atoms with E-state index in [1.165, 1.54) is 19.2 Å². The first kappa shape index (κ1) is 26.2. The molecule has 2 aromatic carbocycles. The van der Waals surface area contributed by atoms with Crippen molar-refractivity contribution in [1.29, 1.82) is 0 Å². The van der Waals surface area contributed by atoms with Crippen LogP contribution in [0.3, 0.4) is 0 Å². The molecule has 0 fully saturated rings. The Morgan fingerprint density at radius 2 is 1.66 bits per heavy atom. The van der Waals surface area contributed by atoms with Crippen LogP contribution in [0, 0.1) is 12.3 Å². The number of carbonyl (C=O) groups excluding carboxylic acids is 1. The van der Waals surface area contributed by atoms with Gasteiger partial charge in [-0.15, -0.1) is 0 Å². The van der Waals surface area contributed by atoms with Gasteiger partial charge in [-0.1, -0.05) is 38.5 Å². The molecule has 0 saturated carbocycles. The highest BCUT2D eigenvalue weighted by atomic mass is 79.9. The first-order chi connectivity index (χ1) is 14.6. The smallest absolute Gasteiger partial charge is 0.264 e. The zero-order chi connectivity index (χ0) is 24.3. The van der Waals surface area contributed by atoms with Crippen LogP contribution in [0.25, 0.3) is 0 Å². The van der Waals surface area contributed by atoms with E-state index in [0.29, 0.717) is 15.9 Å². The number of halogens is 1. The van der Waals surface area contributed by atoms with Crippen LogP contribution in [-0.2, 0) is 14.8 Å². The lowest BCUT2D eigenvalue weighted by molar-refractivity contribution is -0.121. The van der Waals surface area contributed by atoms with Gasteiger partial charge in [-0.3, -0.25) is 9.10 Å². The Labute approximate surface area is 200 Å². The summed E-state index contributed by atoms with van der Waals surface area (Å²) in [5.74, 6) is 0.156. The highest BCUT2D eigenvalue weighted by molar-refractivity contribution is 9.10. The van der Waals surface area contributed by atoms with E-state index in [4.69, 9.17) is 4.74 Å². The van der Waals surface area contributed by atoms with Crippen molar-refractivity contribution in [3.8, 4) is 5.75 Å². The van der Waals surface area contributed by atoms with Gasteiger partial charge in [-0.2, -0.15) is 0 Å². The average Bonchev–Trinajstić information content (AvgIpc) is 2.64. The molecule has 2 rings (SSSR count). The van der Waals surface area contributed by atoms with E-state index >= 15 is 0 Å². The van der Waals surface area contributed by atoms with Crippen LogP contribution in [0.4, 0.5) is 5.69 Å². The quantitative estimate of drug-likeness (QED) is 0.508. The minimum absolute atomic E-state index is 0.00880. The zero-order valence-corrected chi connectivity index (χ0v) is 22.2. The number of nitrogens with one attached hydrogen (secondary N) is 1. The molecule has 0 saturated heterocycles. The minimum atomic E-state index is -4.01. The molecule has 2 aromatic rings. The summed E-state index contributed by atoms with van der Waals surface area (Å²) in [5.41, 5.74) is 0.941. The molecule has 1 N–H and O–H groups in total. The van der Waals surface area contributed by atoms with Crippen LogP contribution in [0.15, 0.2) is 51.8 Å². The summed E-state index contributed by atoms with van der Waals surface area (Å²) in [7, 11) is -2.50. The Morgan fingerprint density at radius 3 is 2.16 bits per heavy atom. The molecule has 32 heavy (non-hydrogen) atoms. The monoisotopic (exact) mass is 524 g/mol. The molecule has 0 aliphatic rings. The van der Waals surface area contributed by atoms with Gasteiger partial charge in [0.05, 0.1) is 22.2 Å². The van der Waals surface area contributed by atoms with Gasteiger partial charge in [-0.05, 0) is 78.9 Å².